The normalized spacial score (nSPS) is 32.0. The standard InChI is InChI=1S/C10H15NS/c1-6-4-5-7(12-6)8-9(11)10(8,2)3/h4-5,8-9H,11H2,1-3H3/t8-,9-/m1/s1. The van der Waals surface area contributed by atoms with Crippen molar-refractivity contribution < 1.29 is 0 Å². The van der Waals surface area contributed by atoms with Crippen molar-refractivity contribution >= 4 is 11.3 Å². The van der Waals surface area contributed by atoms with E-state index < -0.39 is 0 Å². The first kappa shape index (κ1) is 8.27. The van der Waals surface area contributed by atoms with Gasteiger partial charge in [0, 0.05) is 21.7 Å². The average molecular weight is 181 g/mol. The molecular weight excluding hydrogens is 166 g/mol. The Morgan fingerprint density at radius 2 is 2.00 bits per heavy atom. The second-order valence-corrected chi connectivity index (χ2v) is 5.59. The van der Waals surface area contributed by atoms with Crippen LogP contribution in [0.25, 0.3) is 0 Å². The van der Waals surface area contributed by atoms with Gasteiger partial charge in [-0.05, 0) is 24.5 Å². The minimum Gasteiger partial charge on any atom is -0.327 e. The first-order chi connectivity index (χ1) is 5.53. The van der Waals surface area contributed by atoms with Crippen LogP contribution in [0.5, 0.6) is 0 Å². The molecule has 1 aliphatic rings. The lowest BCUT2D eigenvalue weighted by Gasteiger charge is -1.97. The highest BCUT2D eigenvalue weighted by Gasteiger charge is 2.56. The Hall–Kier alpha value is -0.340. The Labute approximate surface area is 77.6 Å². The molecule has 12 heavy (non-hydrogen) atoms. The summed E-state index contributed by atoms with van der Waals surface area (Å²) < 4.78 is 0. The molecule has 1 aromatic heterocycles. The minimum absolute atomic E-state index is 0.331. The topological polar surface area (TPSA) is 26.0 Å². The Bertz CT molecular complexity index is 301. The minimum atomic E-state index is 0.331. The van der Waals surface area contributed by atoms with Gasteiger partial charge in [0.05, 0.1) is 0 Å². The summed E-state index contributed by atoms with van der Waals surface area (Å²) in [7, 11) is 0. The summed E-state index contributed by atoms with van der Waals surface area (Å²) in [6.07, 6.45) is 0. The van der Waals surface area contributed by atoms with E-state index in [0.29, 0.717) is 17.4 Å². The van der Waals surface area contributed by atoms with Crippen LogP contribution < -0.4 is 5.73 Å². The zero-order valence-electron chi connectivity index (χ0n) is 7.79. The third-order valence-electron chi connectivity index (χ3n) is 2.98. The van der Waals surface area contributed by atoms with Crippen molar-refractivity contribution in [2.75, 3.05) is 0 Å². The molecule has 0 bridgehead atoms. The smallest absolute Gasteiger partial charge is 0.0180 e. The summed E-state index contributed by atoms with van der Waals surface area (Å²) in [6, 6.07) is 4.77. The predicted octanol–water partition coefficient (Wildman–Crippen LogP) is 2.51. The average Bonchev–Trinajstić information content (AvgIpc) is 2.38. The molecule has 1 heterocycles. The van der Waals surface area contributed by atoms with Gasteiger partial charge in [-0.2, -0.15) is 0 Å². The molecular formula is C10H15NS. The van der Waals surface area contributed by atoms with E-state index in [1.54, 1.807) is 0 Å². The largest absolute Gasteiger partial charge is 0.327 e. The van der Waals surface area contributed by atoms with Crippen LogP contribution in [-0.4, -0.2) is 6.04 Å². The van der Waals surface area contributed by atoms with Crippen LogP contribution in [0, 0.1) is 12.3 Å². The molecule has 0 spiro atoms. The summed E-state index contributed by atoms with van der Waals surface area (Å²) >= 11 is 1.88. The van der Waals surface area contributed by atoms with Crippen molar-refractivity contribution in [1.82, 2.24) is 0 Å². The number of hydrogen-bond donors (Lipinski definition) is 1. The summed E-state index contributed by atoms with van der Waals surface area (Å²) in [5.74, 6) is 0.608. The number of nitrogens with two attached hydrogens (primary N) is 1. The van der Waals surface area contributed by atoms with Crippen LogP contribution in [0.4, 0.5) is 0 Å². The van der Waals surface area contributed by atoms with Gasteiger partial charge in [0.2, 0.25) is 0 Å². The van der Waals surface area contributed by atoms with E-state index in [9.17, 15) is 0 Å². The highest BCUT2D eigenvalue weighted by atomic mass is 32.1. The Balaban J connectivity index is 2.24. The van der Waals surface area contributed by atoms with Gasteiger partial charge in [0.25, 0.3) is 0 Å². The van der Waals surface area contributed by atoms with Crippen molar-refractivity contribution in [3.63, 3.8) is 0 Å². The summed E-state index contributed by atoms with van der Waals surface area (Å²) in [5.41, 5.74) is 6.32. The van der Waals surface area contributed by atoms with Crippen molar-refractivity contribution in [3.05, 3.63) is 21.9 Å². The number of rotatable bonds is 1. The van der Waals surface area contributed by atoms with E-state index in [1.807, 2.05) is 11.3 Å². The van der Waals surface area contributed by atoms with Gasteiger partial charge in [0.1, 0.15) is 0 Å². The summed E-state index contributed by atoms with van der Waals surface area (Å²) in [5, 5.41) is 0. The van der Waals surface area contributed by atoms with E-state index in [-0.39, 0.29) is 0 Å². The molecule has 0 aliphatic heterocycles. The number of thiophene rings is 1. The van der Waals surface area contributed by atoms with Crippen LogP contribution in [0.3, 0.4) is 0 Å². The molecule has 66 valence electrons. The third kappa shape index (κ3) is 1.02. The van der Waals surface area contributed by atoms with Crippen molar-refractivity contribution in [2.45, 2.75) is 32.7 Å². The van der Waals surface area contributed by atoms with Crippen molar-refractivity contribution in [2.24, 2.45) is 11.1 Å². The maximum Gasteiger partial charge on any atom is 0.0180 e. The van der Waals surface area contributed by atoms with Crippen LogP contribution in [0.2, 0.25) is 0 Å². The molecule has 1 nitrogen and oxygen atoms in total. The van der Waals surface area contributed by atoms with Gasteiger partial charge < -0.3 is 5.73 Å². The Kier molecular flexibility index (Phi) is 1.61. The number of aryl methyl sites for hydroxylation is 1. The van der Waals surface area contributed by atoms with E-state index in [2.05, 4.69) is 32.9 Å². The van der Waals surface area contributed by atoms with Crippen LogP contribution in [0.15, 0.2) is 12.1 Å². The lowest BCUT2D eigenvalue weighted by atomic mass is 10.1. The molecule has 1 saturated carbocycles. The Morgan fingerprint density at radius 3 is 2.33 bits per heavy atom. The molecule has 1 aliphatic carbocycles. The van der Waals surface area contributed by atoms with Gasteiger partial charge >= 0.3 is 0 Å². The van der Waals surface area contributed by atoms with E-state index >= 15 is 0 Å². The quantitative estimate of drug-likeness (QED) is 0.708. The molecule has 1 fully saturated rings. The molecule has 2 atom stereocenters. The van der Waals surface area contributed by atoms with Crippen molar-refractivity contribution in [1.29, 1.82) is 0 Å². The van der Waals surface area contributed by atoms with Gasteiger partial charge in [-0.1, -0.05) is 13.8 Å². The van der Waals surface area contributed by atoms with Gasteiger partial charge in [-0.25, -0.2) is 0 Å². The highest BCUT2D eigenvalue weighted by Crippen LogP contribution is 2.58. The first-order valence-corrected chi connectivity index (χ1v) is 5.17. The Morgan fingerprint density at radius 1 is 1.42 bits per heavy atom. The fourth-order valence-corrected chi connectivity index (χ4v) is 3.06. The molecule has 0 radical (unpaired) electrons. The monoisotopic (exact) mass is 181 g/mol. The van der Waals surface area contributed by atoms with Crippen LogP contribution in [-0.2, 0) is 0 Å². The second kappa shape index (κ2) is 2.33. The maximum absolute atomic E-state index is 5.99. The third-order valence-corrected chi connectivity index (χ3v) is 4.06. The van der Waals surface area contributed by atoms with Crippen molar-refractivity contribution in [3.8, 4) is 0 Å². The molecule has 2 heteroatoms. The fraction of sp³-hybridized carbons (Fsp3) is 0.600. The van der Waals surface area contributed by atoms with Gasteiger partial charge in [-0.3, -0.25) is 0 Å². The molecule has 2 rings (SSSR count). The zero-order chi connectivity index (χ0) is 8.93. The lowest BCUT2D eigenvalue weighted by Crippen LogP contribution is -2.06. The highest BCUT2D eigenvalue weighted by molar-refractivity contribution is 7.12. The van der Waals surface area contributed by atoms with E-state index in [4.69, 9.17) is 5.73 Å². The lowest BCUT2D eigenvalue weighted by molar-refractivity contribution is 0.601. The maximum atomic E-state index is 5.99. The van der Waals surface area contributed by atoms with Gasteiger partial charge in [-0.15, -0.1) is 11.3 Å². The second-order valence-electron chi connectivity index (χ2n) is 4.27. The number of hydrogen-bond acceptors (Lipinski definition) is 2. The van der Waals surface area contributed by atoms with Crippen LogP contribution in [0.1, 0.15) is 29.5 Å². The summed E-state index contributed by atoms with van der Waals surface area (Å²) in [6.45, 7) is 6.64. The molecule has 1 aromatic rings. The van der Waals surface area contributed by atoms with Crippen LogP contribution >= 0.6 is 11.3 Å². The molecule has 2 N–H and O–H groups in total. The molecule has 0 aromatic carbocycles. The molecule has 0 unspecified atom stereocenters. The predicted molar refractivity (Wildman–Crippen MR) is 53.6 cm³/mol. The summed E-state index contributed by atoms with van der Waals surface area (Å²) in [4.78, 5) is 2.85. The zero-order valence-corrected chi connectivity index (χ0v) is 8.61. The van der Waals surface area contributed by atoms with E-state index in [0.717, 1.165) is 0 Å². The SMILES string of the molecule is Cc1ccc([C@@H]2[C@@H](N)C2(C)C)s1. The molecule has 0 amide bonds. The fourth-order valence-electron chi connectivity index (χ4n) is 1.84. The first-order valence-electron chi connectivity index (χ1n) is 4.35. The van der Waals surface area contributed by atoms with Gasteiger partial charge in [0.15, 0.2) is 0 Å². The van der Waals surface area contributed by atoms with E-state index in [1.165, 1.54) is 9.75 Å². The molecule has 0 saturated heterocycles.